The molecule has 1 aliphatic heterocycles. The number of allylic oxidation sites excluding steroid dienone is 1. The molecule has 0 bridgehead atoms. The number of rotatable bonds is 4. The van der Waals surface area contributed by atoms with E-state index in [1.807, 2.05) is 0 Å². The summed E-state index contributed by atoms with van der Waals surface area (Å²) in [5.41, 5.74) is 0. The predicted octanol–water partition coefficient (Wildman–Crippen LogP) is 3.44. The van der Waals surface area contributed by atoms with E-state index >= 15 is 0 Å². The Morgan fingerprint density at radius 1 is 1.21 bits per heavy atom. The van der Waals surface area contributed by atoms with Crippen molar-refractivity contribution in [3.05, 3.63) is 12.2 Å². The van der Waals surface area contributed by atoms with Gasteiger partial charge in [-0.05, 0) is 31.6 Å². The lowest BCUT2D eigenvalue weighted by Gasteiger charge is -2.45. The zero-order valence-electron chi connectivity index (χ0n) is 13.1. The number of hydrogen-bond donors (Lipinski definition) is 1. The fourth-order valence-corrected chi connectivity index (χ4v) is 3.81. The lowest BCUT2D eigenvalue weighted by molar-refractivity contribution is 0.0824. The van der Waals surface area contributed by atoms with Gasteiger partial charge in [0, 0.05) is 31.7 Å². The number of nitrogens with one attached hydrogen (secondary N) is 1. The third-order valence-corrected chi connectivity index (χ3v) is 5.05. The van der Waals surface area contributed by atoms with E-state index in [1.165, 1.54) is 45.2 Å². The Balaban J connectivity index is 1.94. The van der Waals surface area contributed by atoms with Gasteiger partial charge in [-0.1, -0.05) is 45.3 Å². The molecule has 1 heterocycles. The summed E-state index contributed by atoms with van der Waals surface area (Å²) in [4.78, 5) is 2.71. The second kappa shape index (κ2) is 7.44. The van der Waals surface area contributed by atoms with Crippen LogP contribution in [0, 0.1) is 11.8 Å². The van der Waals surface area contributed by atoms with Gasteiger partial charge >= 0.3 is 0 Å². The second-order valence-corrected chi connectivity index (χ2v) is 6.75. The summed E-state index contributed by atoms with van der Waals surface area (Å²) in [7, 11) is 0. The Kier molecular flexibility index (Phi) is 5.90. The molecule has 110 valence electrons. The van der Waals surface area contributed by atoms with Crippen molar-refractivity contribution < 1.29 is 0 Å². The van der Waals surface area contributed by atoms with Crippen LogP contribution >= 0.6 is 0 Å². The van der Waals surface area contributed by atoms with Gasteiger partial charge in [-0.2, -0.15) is 0 Å². The molecule has 0 amide bonds. The first kappa shape index (κ1) is 15.1. The van der Waals surface area contributed by atoms with Gasteiger partial charge < -0.3 is 5.32 Å². The lowest BCUT2D eigenvalue weighted by atomic mass is 9.82. The molecule has 1 N–H and O–H groups in total. The number of nitrogens with zero attached hydrogens (tertiary/aromatic N) is 1. The van der Waals surface area contributed by atoms with Crippen LogP contribution in [-0.2, 0) is 0 Å². The smallest absolute Gasteiger partial charge is 0.0247 e. The van der Waals surface area contributed by atoms with Gasteiger partial charge in [-0.15, -0.1) is 0 Å². The van der Waals surface area contributed by atoms with Crippen LogP contribution in [-0.4, -0.2) is 36.6 Å². The molecule has 0 spiro atoms. The molecule has 0 radical (unpaired) electrons. The van der Waals surface area contributed by atoms with Gasteiger partial charge in [-0.25, -0.2) is 0 Å². The molecule has 0 aromatic heterocycles. The van der Waals surface area contributed by atoms with E-state index in [-0.39, 0.29) is 0 Å². The average molecular weight is 264 g/mol. The Bertz CT molecular complexity index is 279. The second-order valence-electron chi connectivity index (χ2n) is 6.75. The molecule has 2 rings (SSSR count). The van der Waals surface area contributed by atoms with Crippen molar-refractivity contribution in [3.8, 4) is 0 Å². The normalized spacial score (nSPS) is 31.4. The van der Waals surface area contributed by atoms with Crippen molar-refractivity contribution in [2.24, 2.45) is 11.8 Å². The van der Waals surface area contributed by atoms with Gasteiger partial charge in [-0.3, -0.25) is 4.90 Å². The molecular formula is C17H32N2. The number of hydrogen-bond acceptors (Lipinski definition) is 2. The fraction of sp³-hybridized carbons (Fsp3) is 0.882. The van der Waals surface area contributed by atoms with E-state index < -0.39 is 0 Å². The molecule has 1 saturated carbocycles. The molecule has 19 heavy (non-hydrogen) atoms. The SMILES string of the molecule is C/C=C/CN1CC(C2CCCCC2)NCC1C(C)C. The van der Waals surface area contributed by atoms with E-state index in [1.54, 1.807) is 0 Å². The highest BCUT2D eigenvalue weighted by Crippen LogP contribution is 2.29. The van der Waals surface area contributed by atoms with Crippen LogP contribution in [0.5, 0.6) is 0 Å². The van der Waals surface area contributed by atoms with Gasteiger partial charge in [0.15, 0.2) is 0 Å². The van der Waals surface area contributed by atoms with Crippen LogP contribution < -0.4 is 5.32 Å². The summed E-state index contributed by atoms with van der Waals surface area (Å²) < 4.78 is 0. The zero-order valence-corrected chi connectivity index (χ0v) is 13.1. The molecule has 1 saturated heterocycles. The van der Waals surface area contributed by atoms with Gasteiger partial charge in [0.2, 0.25) is 0 Å². The van der Waals surface area contributed by atoms with E-state index in [0.29, 0.717) is 6.04 Å². The van der Waals surface area contributed by atoms with Crippen molar-refractivity contribution in [3.63, 3.8) is 0 Å². The fourth-order valence-electron chi connectivity index (χ4n) is 3.81. The van der Waals surface area contributed by atoms with Gasteiger partial charge in [0.05, 0.1) is 0 Å². The van der Waals surface area contributed by atoms with E-state index in [9.17, 15) is 0 Å². The molecule has 2 unspecified atom stereocenters. The number of piperazine rings is 1. The van der Waals surface area contributed by atoms with Crippen LogP contribution in [0.25, 0.3) is 0 Å². The summed E-state index contributed by atoms with van der Waals surface area (Å²) >= 11 is 0. The molecular weight excluding hydrogens is 232 g/mol. The van der Waals surface area contributed by atoms with Crippen molar-refractivity contribution in [2.45, 2.75) is 65.0 Å². The van der Waals surface area contributed by atoms with E-state index in [2.05, 4.69) is 43.1 Å². The van der Waals surface area contributed by atoms with E-state index in [4.69, 9.17) is 0 Å². The van der Waals surface area contributed by atoms with Gasteiger partial charge in [0.25, 0.3) is 0 Å². The summed E-state index contributed by atoms with van der Waals surface area (Å²) in [6, 6.07) is 1.44. The van der Waals surface area contributed by atoms with Crippen molar-refractivity contribution in [1.82, 2.24) is 10.2 Å². The molecule has 2 nitrogen and oxygen atoms in total. The maximum atomic E-state index is 3.86. The summed E-state index contributed by atoms with van der Waals surface area (Å²) in [6.07, 6.45) is 11.8. The highest BCUT2D eigenvalue weighted by atomic mass is 15.2. The monoisotopic (exact) mass is 264 g/mol. The predicted molar refractivity (Wildman–Crippen MR) is 83.4 cm³/mol. The minimum absolute atomic E-state index is 0.705. The quantitative estimate of drug-likeness (QED) is 0.783. The van der Waals surface area contributed by atoms with Crippen LogP contribution in [0.15, 0.2) is 12.2 Å². The van der Waals surface area contributed by atoms with Crippen molar-refractivity contribution in [2.75, 3.05) is 19.6 Å². The maximum Gasteiger partial charge on any atom is 0.0247 e. The molecule has 2 aliphatic rings. The highest BCUT2D eigenvalue weighted by Gasteiger charge is 2.33. The Morgan fingerprint density at radius 2 is 1.95 bits per heavy atom. The van der Waals surface area contributed by atoms with Crippen molar-refractivity contribution >= 4 is 0 Å². The summed E-state index contributed by atoms with van der Waals surface area (Å²) in [6.45, 7) is 10.4. The van der Waals surface area contributed by atoms with Crippen molar-refractivity contribution in [1.29, 1.82) is 0 Å². The van der Waals surface area contributed by atoms with E-state index in [0.717, 1.165) is 24.4 Å². The third kappa shape index (κ3) is 4.06. The largest absolute Gasteiger partial charge is 0.311 e. The lowest BCUT2D eigenvalue weighted by Crippen LogP contribution is -2.60. The molecule has 0 aromatic carbocycles. The first-order valence-corrected chi connectivity index (χ1v) is 8.31. The van der Waals surface area contributed by atoms with Gasteiger partial charge in [0.1, 0.15) is 0 Å². The van der Waals surface area contributed by atoms with Crippen LogP contribution in [0.1, 0.15) is 52.9 Å². The highest BCUT2D eigenvalue weighted by molar-refractivity contribution is 4.94. The molecule has 1 aliphatic carbocycles. The first-order chi connectivity index (χ1) is 9.22. The van der Waals surface area contributed by atoms with Crippen LogP contribution in [0.2, 0.25) is 0 Å². The third-order valence-electron chi connectivity index (χ3n) is 5.05. The Hall–Kier alpha value is -0.340. The molecule has 2 heteroatoms. The average Bonchev–Trinajstić information content (AvgIpc) is 2.45. The van der Waals surface area contributed by atoms with Crippen LogP contribution in [0.4, 0.5) is 0 Å². The Morgan fingerprint density at radius 3 is 2.58 bits per heavy atom. The molecule has 2 fully saturated rings. The van der Waals surface area contributed by atoms with Crippen LogP contribution in [0.3, 0.4) is 0 Å². The minimum Gasteiger partial charge on any atom is -0.311 e. The molecule has 2 atom stereocenters. The summed E-state index contributed by atoms with van der Waals surface area (Å²) in [5, 5.41) is 3.86. The topological polar surface area (TPSA) is 15.3 Å². The summed E-state index contributed by atoms with van der Waals surface area (Å²) in [5.74, 6) is 1.67. The molecule has 0 aromatic rings. The zero-order chi connectivity index (χ0) is 13.7. The minimum atomic E-state index is 0.705. The Labute approximate surface area is 119 Å². The maximum absolute atomic E-state index is 3.86. The standard InChI is InChI=1S/C17H32N2/c1-4-5-11-19-13-16(15-9-7-6-8-10-15)18-12-17(19)14(2)3/h4-5,14-18H,6-13H2,1-3H3/b5-4+. The first-order valence-electron chi connectivity index (χ1n) is 8.31.